The molecule has 23 heavy (non-hydrogen) atoms. The third-order valence-corrected chi connectivity index (χ3v) is 3.75. The van der Waals surface area contributed by atoms with E-state index in [1.807, 2.05) is 66.9 Å². The molecule has 0 fully saturated rings. The van der Waals surface area contributed by atoms with E-state index in [2.05, 4.69) is 0 Å². The third kappa shape index (κ3) is 4.07. The molecule has 1 aromatic heterocycles. The van der Waals surface area contributed by atoms with Crippen molar-refractivity contribution in [2.45, 2.75) is 19.9 Å². The van der Waals surface area contributed by atoms with Gasteiger partial charge >= 0.3 is 5.97 Å². The summed E-state index contributed by atoms with van der Waals surface area (Å²) in [6, 6.07) is 11.6. The number of carboxylic acid groups (broad SMARTS) is 1. The maximum Gasteiger partial charge on any atom is 0.305 e. The van der Waals surface area contributed by atoms with E-state index in [1.165, 1.54) is 0 Å². The predicted octanol–water partition coefficient (Wildman–Crippen LogP) is 2.68. The zero-order valence-corrected chi connectivity index (χ0v) is 13.7. The number of hydrogen-bond donors (Lipinski definition) is 1. The van der Waals surface area contributed by atoms with Crippen molar-refractivity contribution in [1.29, 1.82) is 0 Å². The summed E-state index contributed by atoms with van der Waals surface area (Å²) in [5.74, 6) is -0.808. The van der Waals surface area contributed by atoms with Crippen molar-refractivity contribution in [3.05, 3.63) is 47.7 Å². The van der Waals surface area contributed by atoms with Gasteiger partial charge in [-0.05, 0) is 32.6 Å². The molecule has 1 heterocycles. The largest absolute Gasteiger partial charge is 0.481 e. The van der Waals surface area contributed by atoms with Gasteiger partial charge in [-0.2, -0.15) is 0 Å². The van der Waals surface area contributed by atoms with Gasteiger partial charge in [-0.3, -0.25) is 9.59 Å². The highest BCUT2D eigenvalue weighted by molar-refractivity contribution is 6.00. The molecule has 2 rings (SSSR count). The Morgan fingerprint density at radius 2 is 1.83 bits per heavy atom. The molecule has 1 N–H and O–H groups in total. The molecule has 0 saturated carbocycles. The Labute approximate surface area is 136 Å². The normalized spacial score (nSPS) is 11.0. The number of Topliss-reactive ketones (excluding diaryl/α,β-unsaturated/α-hetero) is 1. The molecule has 122 valence electrons. The summed E-state index contributed by atoms with van der Waals surface area (Å²) in [4.78, 5) is 25.2. The molecule has 0 unspecified atom stereocenters. The molecule has 0 amide bonds. The molecule has 0 radical (unpaired) electrons. The lowest BCUT2D eigenvalue weighted by atomic mass is 10.1. The van der Waals surface area contributed by atoms with Crippen molar-refractivity contribution in [1.82, 2.24) is 9.47 Å². The molecule has 5 nitrogen and oxygen atoms in total. The minimum atomic E-state index is -0.849. The fourth-order valence-corrected chi connectivity index (χ4v) is 2.64. The van der Waals surface area contributed by atoms with Crippen LogP contribution in [-0.2, 0) is 11.3 Å². The molecule has 1 aromatic carbocycles. The Hall–Kier alpha value is -2.40. The van der Waals surface area contributed by atoms with Crippen LogP contribution in [0, 0.1) is 6.92 Å². The Balaban J connectivity index is 2.46. The molecular formula is C18H22N2O3. The van der Waals surface area contributed by atoms with Gasteiger partial charge in [-0.15, -0.1) is 0 Å². The smallest absolute Gasteiger partial charge is 0.305 e. The summed E-state index contributed by atoms with van der Waals surface area (Å²) in [5, 5.41) is 8.98. The SMILES string of the molecule is Cc1c(C(=O)CN(C)C)cc(-c2ccccc2)n1CCC(=O)O. The van der Waals surface area contributed by atoms with Gasteiger partial charge in [-0.1, -0.05) is 30.3 Å². The predicted molar refractivity (Wildman–Crippen MR) is 89.7 cm³/mol. The maximum absolute atomic E-state index is 12.4. The number of carboxylic acids is 1. The molecule has 0 atom stereocenters. The standard InChI is InChI=1S/C18H22N2O3/c1-13-15(17(21)12-19(2)3)11-16(14-7-5-4-6-8-14)20(13)10-9-18(22)23/h4-8,11H,9-10,12H2,1-3H3,(H,22,23). The molecule has 5 heteroatoms. The van der Waals surface area contributed by atoms with E-state index in [-0.39, 0.29) is 12.2 Å². The van der Waals surface area contributed by atoms with Crippen molar-refractivity contribution >= 4 is 11.8 Å². The van der Waals surface area contributed by atoms with E-state index in [0.717, 1.165) is 17.0 Å². The highest BCUT2D eigenvalue weighted by Gasteiger charge is 2.19. The van der Waals surface area contributed by atoms with Crippen LogP contribution in [-0.4, -0.2) is 47.0 Å². The Bertz CT molecular complexity index is 703. The van der Waals surface area contributed by atoms with E-state index < -0.39 is 5.97 Å². The highest BCUT2D eigenvalue weighted by atomic mass is 16.4. The molecular weight excluding hydrogens is 292 g/mol. The van der Waals surface area contributed by atoms with Crippen LogP contribution in [0.15, 0.2) is 36.4 Å². The van der Waals surface area contributed by atoms with Crippen molar-refractivity contribution in [3.63, 3.8) is 0 Å². The van der Waals surface area contributed by atoms with E-state index in [1.54, 1.807) is 0 Å². The van der Waals surface area contributed by atoms with Gasteiger partial charge in [0.2, 0.25) is 0 Å². The molecule has 0 aliphatic rings. The number of benzene rings is 1. The van der Waals surface area contributed by atoms with Gasteiger partial charge in [0.25, 0.3) is 0 Å². The van der Waals surface area contributed by atoms with Gasteiger partial charge in [0.05, 0.1) is 13.0 Å². The minimum Gasteiger partial charge on any atom is -0.481 e. The van der Waals surface area contributed by atoms with Gasteiger partial charge < -0.3 is 14.6 Å². The number of likely N-dealkylation sites (N-methyl/N-ethyl adjacent to an activating group) is 1. The summed E-state index contributed by atoms with van der Waals surface area (Å²) in [6.07, 6.45) is 0.0245. The van der Waals surface area contributed by atoms with Crippen LogP contribution in [0.2, 0.25) is 0 Å². The average Bonchev–Trinajstić information content (AvgIpc) is 2.82. The zero-order chi connectivity index (χ0) is 17.0. The van der Waals surface area contributed by atoms with Crippen molar-refractivity contribution in [2.24, 2.45) is 0 Å². The van der Waals surface area contributed by atoms with Crippen LogP contribution < -0.4 is 0 Å². The van der Waals surface area contributed by atoms with Crippen LogP contribution in [0.25, 0.3) is 11.3 Å². The molecule has 0 aliphatic carbocycles. The van der Waals surface area contributed by atoms with E-state index >= 15 is 0 Å². The Morgan fingerprint density at radius 1 is 1.17 bits per heavy atom. The van der Waals surface area contributed by atoms with Gasteiger partial charge in [-0.25, -0.2) is 0 Å². The zero-order valence-electron chi connectivity index (χ0n) is 13.7. The monoisotopic (exact) mass is 314 g/mol. The van der Waals surface area contributed by atoms with Crippen LogP contribution >= 0.6 is 0 Å². The Morgan fingerprint density at radius 3 is 2.39 bits per heavy atom. The lowest BCUT2D eigenvalue weighted by Crippen LogP contribution is -2.22. The van der Waals surface area contributed by atoms with Gasteiger partial charge in [0, 0.05) is 23.5 Å². The van der Waals surface area contributed by atoms with Crippen LogP contribution in [0.5, 0.6) is 0 Å². The molecule has 2 aromatic rings. The first kappa shape index (κ1) is 17.0. The van der Waals surface area contributed by atoms with Crippen LogP contribution in [0.4, 0.5) is 0 Å². The molecule has 0 bridgehead atoms. The average molecular weight is 314 g/mol. The first-order chi connectivity index (χ1) is 10.9. The minimum absolute atomic E-state index is 0.0245. The van der Waals surface area contributed by atoms with Crippen molar-refractivity contribution in [2.75, 3.05) is 20.6 Å². The quantitative estimate of drug-likeness (QED) is 0.798. The van der Waals surface area contributed by atoms with E-state index in [0.29, 0.717) is 18.7 Å². The number of aromatic nitrogens is 1. The van der Waals surface area contributed by atoms with Crippen molar-refractivity contribution < 1.29 is 14.7 Å². The Kier molecular flexibility index (Phi) is 5.34. The third-order valence-electron chi connectivity index (χ3n) is 3.75. The van der Waals surface area contributed by atoms with E-state index in [9.17, 15) is 9.59 Å². The number of carbonyl (C=O) groups excluding carboxylic acids is 1. The second-order valence-corrected chi connectivity index (χ2v) is 5.85. The summed E-state index contributed by atoms with van der Waals surface area (Å²) >= 11 is 0. The highest BCUT2D eigenvalue weighted by Crippen LogP contribution is 2.26. The van der Waals surface area contributed by atoms with Crippen LogP contribution in [0.1, 0.15) is 22.5 Å². The second kappa shape index (κ2) is 7.24. The number of hydrogen-bond acceptors (Lipinski definition) is 3. The fourth-order valence-electron chi connectivity index (χ4n) is 2.64. The summed E-state index contributed by atoms with van der Waals surface area (Å²) in [5.41, 5.74) is 3.33. The fraction of sp³-hybridized carbons (Fsp3) is 0.333. The number of aliphatic carboxylic acids is 1. The molecule has 0 spiro atoms. The summed E-state index contributed by atoms with van der Waals surface area (Å²) < 4.78 is 1.92. The number of nitrogens with zero attached hydrogens (tertiary/aromatic N) is 2. The van der Waals surface area contributed by atoms with Crippen molar-refractivity contribution in [3.8, 4) is 11.3 Å². The number of ketones is 1. The second-order valence-electron chi connectivity index (χ2n) is 5.85. The molecule has 0 saturated heterocycles. The van der Waals surface area contributed by atoms with E-state index in [4.69, 9.17) is 5.11 Å². The van der Waals surface area contributed by atoms with Crippen LogP contribution in [0.3, 0.4) is 0 Å². The lowest BCUT2D eigenvalue weighted by molar-refractivity contribution is -0.137. The topological polar surface area (TPSA) is 62.5 Å². The first-order valence-corrected chi connectivity index (χ1v) is 7.55. The lowest BCUT2D eigenvalue weighted by Gasteiger charge is -2.11. The number of rotatable bonds is 7. The first-order valence-electron chi connectivity index (χ1n) is 7.55. The number of carbonyl (C=O) groups is 2. The van der Waals surface area contributed by atoms with Gasteiger partial charge in [0.1, 0.15) is 0 Å². The van der Waals surface area contributed by atoms with Gasteiger partial charge in [0.15, 0.2) is 5.78 Å². The molecule has 0 aliphatic heterocycles. The maximum atomic E-state index is 12.4. The summed E-state index contributed by atoms with van der Waals surface area (Å²) in [7, 11) is 3.71. The summed E-state index contributed by atoms with van der Waals surface area (Å²) in [6.45, 7) is 2.55.